The van der Waals surface area contributed by atoms with E-state index in [9.17, 15) is 10.2 Å². The third-order valence-electron chi connectivity index (χ3n) is 6.31. The number of hydrogen-bond donors (Lipinski definition) is 4. The fraction of sp³-hybridized carbons (Fsp3) is 0.200. The van der Waals surface area contributed by atoms with Crippen molar-refractivity contribution < 1.29 is 10.2 Å². The van der Waals surface area contributed by atoms with Crippen LogP contribution in [0.4, 0.5) is 11.6 Å². The van der Waals surface area contributed by atoms with E-state index in [4.69, 9.17) is 23.2 Å². The summed E-state index contributed by atoms with van der Waals surface area (Å²) in [5.41, 5.74) is 4.55. The summed E-state index contributed by atoms with van der Waals surface area (Å²) in [5, 5.41) is 35.2. The first kappa shape index (κ1) is 32.1. The average molecular weight is 763 g/mol. The molecule has 6 aromatic rings. The molecule has 0 spiro atoms. The lowest BCUT2D eigenvalue weighted by atomic mass is 10.1. The molecule has 4 N–H and O–H groups in total. The van der Waals surface area contributed by atoms with Gasteiger partial charge in [-0.2, -0.15) is 19.2 Å². The molecule has 4 heterocycles. The van der Waals surface area contributed by atoms with Crippen molar-refractivity contribution in [3.05, 3.63) is 92.0 Å². The monoisotopic (exact) mass is 760 g/mol. The van der Waals surface area contributed by atoms with Crippen molar-refractivity contribution in [3.63, 3.8) is 0 Å². The zero-order chi connectivity index (χ0) is 31.4. The Kier molecular flexibility index (Phi) is 10.4. The fourth-order valence-corrected chi connectivity index (χ4v) is 5.40. The van der Waals surface area contributed by atoms with Gasteiger partial charge in [-0.25, -0.2) is 9.97 Å². The molecule has 0 radical (unpaired) electrons. The highest BCUT2D eigenvalue weighted by atomic mass is 79.9. The van der Waals surface area contributed by atoms with Crippen LogP contribution in [0, 0.1) is 0 Å². The van der Waals surface area contributed by atoms with E-state index in [1.807, 2.05) is 60.7 Å². The number of anilines is 2. The van der Waals surface area contributed by atoms with Crippen LogP contribution in [0.15, 0.2) is 82.0 Å². The van der Waals surface area contributed by atoms with Gasteiger partial charge in [0.15, 0.2) is 11.3 Å². The van der Waals surface area contributed by atoms with Crippen molar-refractivity contribution >= 4 is 78.0 Å². The predicted molar refractivity (Wildman–Crippen MR) is 183 cm³/mol. The molecule has 0 aliphatic rings. The van der Waals surface area contributed by atoms with Crippen LogP contribution in [0.5, 0.6) is 0 Å². The number of fused-ring (bicyclic) bond motifs is 2. The topological polar surface area (TPSA) is 125 Å². The first-order chi connectivity index (χ1) is 21.1. The molecule has 0 saturated carbocycles. The maximum Gasteiger partial charge on any atom is 0.172 e. The zero-order valence-electron chi connectivity index (χ0n) is 23.6. The lowest BCUT2D eigenvalue weighted by molar-refractivity contribution is 0.207. The summed E-state index contributed by atoms with van der Waals surface area (Å²) in [6.45, 7) is 4.27. The van der Waals surface area contributed by atoms with Crippen LogP contribution < -0.4 is 10.6 Å². The predicted octanol–water partition coefficient (Wildman–Crippen LogP) is 7.21. The first-order valence-electron chi connectivity index (χ1n) is 13.5. The lowest BCUT2D eigenvalue weighted by Gasteiger charge is -2.12. The number of aliphatic hydroxyl groups is 2. The van der Waals surface area contributed by atoms with Gasteiger partial charge in [0.25, 0.3) is 0 Å². The number of benzene rings is 2. The van der Waals surface area contributed by atoms with Gasteiger partial charge in [0.05, 0.1) is 44.9 Å². The molecule has 10 nitrogen and oxygen atoms in total. The molecule has 0 amide bonds. The largest absolute Gasteiger partial charge is 0.392 e. The minimum absolute atomic E-state index is 0.415. The maximum atomic E-state index is 9.48. The summed E-state index contributed by atoms with van der Waals surface area (Å²) in [5.74, 6) is 1.48. The highest BCUT2D eigenvalue weighted by Crippen LogP contribution is 2.31. The molecule has 228 valence electrons. The van der Waals surface area contributed by atoms with E-state index < -0.39 is 12.2 Å². The van der Waals surface area contributed by atoms with Crippen LogP contribution in [0.3, 0.4) is 0 Å². The van der Waals surface area contributed by atoms with Gasteiger partial charge in [0.1, 0.15) is 11.6 Å². The number of hydrogen-bond acceptors (Lipinski definition) is 8. The quantitative estimate of drug-likeness (QED) is 0.128. The minimum atomic E-state index is -0.467. The standard InChI is InChI=1S/2C15H14BrClN4O/c2*1-9(22)7-18-14-6-13(10-4-2-3-5-12(10)17)20-15-11(16)8-19-21(14)15/h2*2-6,8-9,18,22H,7H2,1H3/t2*9-/m10/s1. The Balaban J connectivity index is 0.000000175. The van der Waals surface area contributed by atoms with Crippen molar-refractivity contribution in [2.45, 2.75) is 26.1 Å². The van der Waals surface area contributed by atoms with Gasteiger partial charge in [0.2, 0.25) is 0 Å². The Hall–Kier alpha value is -3.26. The van der Waals surface area contributed by atoms with E-state index in [0.29, 0.717) is 34.4 Å². The van der Waals surface area contributed by atoms with E-state index in [1.165, 1.54) is 0 Å². The van der Waals surface area contributed by atoms with E-state index in [-0.39, 0.29) is 0 Å². The van der Waals surface area contributed by atoms with E-state index in [2.05, 4.69) is 62.7 Å². The van der Waals surface area contributed by atoms with Crippen molar-refractivity contribution in [2.75, 3.05) is 23.7 Å². The summed E-state index contributed by atoms with van der Waals surface area (Å²) in [6, 6.07) is 18.8. The zero-order valence-corrected chi connectivity index (χ0v) is 28.3. The van der Waals surface area contributed by atoms with Gasteiger partial charge >= 0.3 is 0 Å². The molecule has 14 heteroatoms. The van der Waals surface area contributed by atoms with Crippen molar-refractivity contribution in [1.82, 2.24) is 29.2 Å². The molecule has 0 unspecified atom stereocenters. The third kappa shape index (κ3) is 7.33. The summed E-state index contributed by atoms with van der Waals surface area (Å²) >= 11 is 19.4. The molecular formula is C30H28Br2Cl2N8O2. The van der Waals surface area contributed by atoms with Crippen molar-refractivity contribution in [2.24, 2.45) is 0 Å². The summed E-state index contributed by atoms with van der Waals surface area (Å²) < 4.78 is 4.96. The molecule has 44 heavy (non-hydrogen) atoms. The van der Waals surface area contributed by atoms with Gasteiger partial charge in [-0.3, -0.25) is 0 Å². The van der Waals surface area contributed by atoms with Gasteiger partial charge in [-0.15, -0.1) is 0 Å². The molecule has 6 rings (SSSR count). The highest BCUT2D eigenvalue weighted by molar-refractivity contribution is 9.11. The summed E-state index contributed by atoms with van der Waals surface area (Å²) in [6.07, 6.45) is 2.44. The van der Waals surface area contributed by atoms with Gasteiger partial charge in [-0.1, -0.05) is 59.6 Å². The first-order valence-corrected chi connectivity index (χ1v) is 15.9. The second-order valence-electron chi connectivity index (χ2n) is 9.93. The van der Waals surface area contributed by atoms with Gasteiger partial charge < -0.3 is 20.8 Å². The highest BCUT2D eigenvalue weighted by Gasteiger charge is 2.15. The number of rotatable bonds is 8. The molecule has 0 aliphatic heterocycles. The third-order valence-corrected chi connectivity index (χ3v) is 8.09. The molecule has 0 fully saturated rings. The van der Waals surface area contributed by atoms with Crippen LogP contribution in [-0.2, 0) is 0 Å². The van der Waals surface area contributed by atoms with Crippen LogP contribution in [0.2, 0.25) is 10.0 Å². The van der Waals surface area contributed by atoms with Crippen molar-refractivity contribution in [3.8, 4) is 22.5 Å². The Morgan fingerprint density at radius 1 is 0.705 bits per heavy atom. The Morgan fingerprint density at radius 3 is 1.45 bits per heavy atom. The maximum absolute atomic E-state index is 9.48. The number of aromatic nitrogens is 6. The molecule has 0 saturated heterocycles. The smallest absolute Gasteiger partial charge is 0.172 e. The lowest BCUT2D eigenvalue weighted by Crippen LogP contribution is -2.17. The second-order valence-corrected chi connectivity index (χ2v) is 12.5. The molecular weight excluding hydrogens is 735 g/mol. The normalized spacial score (nSPS) is 12.5. The Labute approximate surface area is 280 Å². The number of aliphatic hydroxyl groups excluding tert-OH is 2. The second kappa shape index (κ2) is 14.2. The van der Waals surface area contributed by atoms with Crippen LogP contribution in [0.25, 0.3) is 33.8 Å². The number of halogens is 4. The minimum Gasteiger partial charge on any atom is -0.392 e. The molecule has 0 bridgehead atoms. The van der Waals surface area contributed by atoms with E-state index >= 15 is 0 Å². The average Bonchev–Trinajstić information content (AvgIpc) is 3.57. The van der Waals surface area contributed by atoms with Gasteiger partial charge in [0, 0.05) is 46.4 Å². The molecule has 4 aromatic heterocycles. The van der Waals surface area contributed by atoms with E-state index in [1.54, 1.807) is 35.3 Å². The number of nitrogens with zero attached hydrogens (tertiary/aromatic N) is 6. The SMILES string of the molecule is C[C@@H](O)CNc1cc(-c2ccccc2Cl)nc2c(Br)cnn12.C[C@H](O)CNc1cc(-c2ccccc2Cl)nc2c(Br)cnn12. The van der Waals surface area contributed by atoms with Crippen LogP contribution >= 0.6 is 55.1 Å². The van der Waals surface area contributed by atoms with Crippen LogP contribution in [0.1, 0.15) is 13.8 Å². The fourth-order valence-electron chi connectivity index (χ4n) is 4.24. The molecule has 0 aliphatic carbocycles. The summed E-state index contributed by atoms with van der Waals surface area (Å²) in [7, 11) is 0. The molecule has 2 atom stereocenters. The van der Waals surface area contributed by atoms with E-state index in [0.717, 1.165) is 43.1 Å². The Morgan fingerprint density at radius 2 is 1.09 bits per heavy atom. The van der Waals surface area contributed by atoms with Crippen LogP contribution in [-0.4, -0.2) is 64.7 Å². The number of nitrogens with one attached hydrogen (secondary N) is 2. The summed E-state index contributed by atoms with van der Waals surface area (Å²) in [4.78, 5) is 9.24. The van der Waals surface area contributed by atoms with Crippen molar-refractivity contribution in [1.29, 1.82) is 0 Å². The Bertz CT molecular complexity index is 1770. The van der Waals surface area contributed by atoms with Gasteiger partial charge in [-0.05, 0) is 57.8 Å². The molecule has 2 aromatic carbocycles.